The van der Waals surface area contributed by atoms with Crippen molar-refractivity contribution in [2.75, 3.05) is 19.0 Å². The van der Waals surface area contributed by atoms with Gasteiger partial charge in [-0.3, -0.25) is 18.9 Å². The molecule has 0 radical (unpaired) electrons. The van der Waals surface area contributed by atoms with Crippen LogP contribution in [0.1, 0.15) is 67.4 Å². The summed E-state index contributed by atoms with van der Waals surface area (Å²) in [5, 5.41) is 11.5. The number of benzene rings is 2. The van der Waals surface area contributed by atoms with Gasteiger partial charge in [0.2, 0.25) is 5.91 Å². The summed E-state index contributed by atoms with van der Waals surface area (Å²) in [7, 11) is -3.42. The number of carbonyl (C=O) groups is 4. The second-order valence-electron chi connectivity index (χ2n) is 11.2. The number of methoxy groups -OCH3 is 1. The molecule has 3 aromatic rings. The van der Waals surface area contributed by atoms with E-state index in [1.807, 2.05) is 0 Å². The first-order valence-electron chi connectivity index (χ1n) is 15.2. The van der Waals surface area contributed by atoms with Crippen LogP contribution in [0.5, 0.6) is 5.75 Å². The standard InChI is InChI=1S/C32H38N4O10S/c1-3-4-5-6-10-25(35-19-28(33-20-35)34-30(39)24-9-7-8-11-27(24)47(42,43)44)31(40)36-18-23(17-26(36)32(41)45-2)46-22-14-12-21(13-15-22)16-29(37)38/h7-9,11-15,19-20,23,25-26H,3-6,10,16-18H2,1-2H3,(H,34,39)(H,37,38)(H,42,43,44)/t23?,25?,26-/m0/s1. The molecule has 4 rings (SSSR count). The first kappa shape index (κ1) is 35.1. The Kier molecular flexibility index (Phi) is 11.7. The van der Waals surface area contributed by atoms with Gasteiger partial charge < -0.3 is 29.4 Å². The third-order valence-electron chi connectivity index (χ3n) is 7.83. The summed E-state index contributed by atoms with van der Waals surface area (Å²) >= 11 is 0. The number of amides is 2. The number of hydrogen-bond donors (Lipinski definition) is 3. The lowest BCUT2D eigenvalue weighted by Gasteiger charge is -2.28. The molecule has 0 bridgehead atoms. The summed E-state index contributed by atoms with van der Waals surface area (Å²) in [6.45, 7) is 2.16. The second-order valence-corrected chi connectivity index (χ2v) is 12.6. The van der Waals surface area contributed by atoms with Crippen LogP contribution in [-0.4, -0.2) is 82.1 Å². The molecule has 1 saturated heterocycles. The predicted molar refractivity (Wildman–Crippen MR) is 169 cm³/mol. The van der Waals surface area contributed by atoms with Gasteiger partial charge in [0, 0.05) is 12.6 Å². The van der Waals surface area contributed by atoms with Crippen LogP contribution in [0.4, 0.5) is 5.82 Å². The molecule has 14 nitrogen and oxygen atoms in total. The maximum atomic E-state index is 14.2. The Bertz CT molecular complexity index is 1690. The lowest BCUT2D eigenvalue weighted by molar-refractivity contribution is -0.152. The Morgan fingerprint density at radius 2 is 1.79 bits per heavy atom. The molecule has 1 fully saturated rings. The SMILES string of the molecule is CCCCCCC(C(=O)N1CC(Oc2ccc(CC(=O)O)cc2)C[C@H]1C(=O)OC)n1cnc(NC(=O)c2ccccc2S(=O)(=O)O)c1. The van der Waals surface area contributed by atoms with Crippen molar-refractivity contribution in [2.45, 2.75) is 75.0 Å². The molecule has 1 aliphatic rings. The van der Waals surface area contributed by atoms with Gasteiger partial charge in [-0.15, -0.1) is 0 Å². The van der Waals surface area contributed by atoms with E-state index in [-0.39, 0.29) is 36.7 Å². The Balaban J connectivity index is 1.55. The van der Waals surface area contributed by atoms with Crippen LogP contribution < -0.4 is 10.1 Å². The molecule has 252 valence electrons. The zero-order valence-corrected chi connectivity index (χ0v) is 26.9. The monoisotopic (exact) mass is 670 g/mol. The van der Waals surface area contributed by atoms with Gasteiger partial charge in [0.25, 0.3) is 16.0 Å². The van der Waals surface area contributed by atoms with Crippen LogP contribution in [0.2, 0.25) is 0 Å². The summed E-state index contributed by atoms with van der Waals surface area (Å²) < 4.78 is 45.7. The minimum Gasteiger partial charge on any atom is -0.488 e. The van der Waals surface area contributed by atoms with Crippen molar-refractivity contribution in [1.29, 1.82) is 0 Å². The molecular weight excluding hydrogens is 632 g/mol. The normalized spacial score (nSPS) is 16.8. The van der Waals surface area contributed by atoms with Gasteiger partial charge in [-0.25, -0.2) is 9.78 Å². The Labute approximate surface area is 272 Å². The van der Waals surface area contributed by atoms with Gasteiger partial charge in [0.1, 0.15) is 28.8 Å². The number of ether oxygens (including phenoxy) is 2. The van der Waals surface area contributed by atoms with Gasteiger partial charge in [-0.2, -0.15) is 8.42 Å². The number of hydrogen-bond acceptors (Lipinski definition) is 9. The van der Waals surface area contributed by atoms with E-state index in [1.165, 1.54) is 42.7 Å². The van der Waals surface area contributed by atoms with Gasteiger partial charge in [-0.1, -0.05) is 56.9 Å². The Morgan fingerprint density at radius 3 is 2.45 bits per heavy atom. The van der Waals surface area contributed by atoms with Gasteiger partial charge in [0.15, 0.2) is 5.82 Å². The second kappa shape index (κ2) is 15.7. The van der Waals surface area contributed by atoms with Crippen LogP contribution >= 0.6 is 0 Å². The fourth-order valence-corrected chi connectivity index (χ4v) is 6.22. The number of esters is 1. The Morgan fingerprint density at radius 1 is 1.06 bits per heavy atom. The van der Waals surface area contributed by atoms with E-state index in [4.69, 9.17) is 14.6 Å². The topological polar surface area (TPSA) is 194 Å². The molecule has 2 unspecified atom stereocenters. The molecule has 3 atom stereocenters. The zero-order valence-electron chi connectivity index (χ0n) is 26.1. The van der Waals surface area contributed by atoms with Crippen molar-refractivity contribution >= 4 is 39.7 Å². The number of anilines is 1. The molecular formula is C32H38N4O10S. The number of carboxylic acid groups (broad SMARTS) is 1. The van der Waals surface area contributed by atoms with E-state index >= 15 is 0 Å². The lowest BCUT2D eigenvalue weighted by atomic mass is 10.1. The molecule has 3 N–H and O–H groups in total. The highest BCUT2D eigenvalue weighted by Gasteiger charge is 2.43. The van der Waals surface area contributed by atoms with Crippen molar-refractivity contribution in [1.82, 2.24) is 14.5 Å². The van der Waals surface area contributed by atoms with Crippen molar-refractivity contribution in [2.24, 2.45) is 0 Å². The molecule has 0 spiro atoms. The Hall–Kier alpha value is -4.76. The molecule has 2 aromatic carbocycles. The number of nitrogens with one attached hydrogen (secondary N) is 1. The van der Waals surface area contributed by atoms with Crippen LogP contribution in [0.15, 0.2) is 66.0 Å². The van der Waals surface area contributed by atoms with E-state index in [0.717, 1.165) is 25.3 Å². The maximum Gasteiger partial charge on any atom is 0.328 e. The summed E-state index contributed by atoms with van der Waals surface area (Å²) in [5.74, 6) is -2.23. The largest absolute Gasteiger partial charge is 0.488 e. The molecule has 0 saturated carbocycles. The molecule has 0 aliphatic carbocycles. The number of unbranched alkanes of at least 4 members (excludes halogenated alkanes) is 3. The lowest BCUT2D eigenvalue weighted by Crippen LogP contribution is -2.44. The first-order valence-corrected chi connectivity index (χ1v) is 16.6. The smallest absolute Gasteiger partial charge is 0.328 e. The highest BCUT2D eigenvalue weighted by molar-refractivity contribution is 7.86. The number of rotatable bonds is 15. The van der Waals surface area contributed by atoms with Crippen molar-refractivity contribution in [3.63, 3.8) is 0 Å². The quantitative estimate of drug-likeness (QED) is 0.121. The molecule has 2 amide bonds. The van der Waals surface area contributed by atoms with Crippen LogP contribution in [0, 0.1) is 0 Å². The minimum atomic E-state index is -4.67. The van der Waals surface area contributed by atoms with Crippen molar-refractivity contribution < 1.29 is 46.7 Å². The first-order chi connectivity index (χ1) is 22.4. The van der Waals surface area contributed by atoms with Gasteiger partial charge >= 0.3 is 11.9 Å². The average molecular weight is 671 g/mol. The third-order valence-corrected chi connectivity index (χ3v) is 8.74. The third kappa shape index (κ3) is 9.16. The predicted octanol–water partition coefficient (Wildman–Crippen LogP) is 3.74. The van der Waals surface area contributed by atoms with E-state index in [0.29, 0.717) is 24.2 Å². The van der Waals surface area contributed by atoms with Crippen LogP contribution in [0.3, 0.4) is 0 Å². The van der Waals surface area contributed by atoms with Crippen LogP contribution in [0.25, 0.3) is 0 Å². The van der Waals surface area contributed by atoms with Crippen LogP contribution in [-0.2, 0) is 35.7 Å². The summed E-state index contributed by atoms with van der Waals surface area (Å²) in [5.41, 5.74) is 0.322. The molecule has 47 heavy (non-hydrogen) atoms. The van der Waals surface area contributed by atoms with E-state index < -0.39 is 51.0 Å². The number of likely N-dealkylation sites (tertiary alicyclic amines) is 1. The summed E-state index contributed by atoms with van der Waals surface area (Å²) in [6, 6.07) is 10.0. The molecule has 1 aliphatic heterocycles. The molecule has 2 heterocycles. The zero-order chi connectivity index (χ0) is 34.1. The number of carbonyl (C=O) groups excluding carboxylic acids is 3. The number of nitrogens with zero attached hydrogens (tertiary/aromatic N) is 3. The van der Waals surface area contributed by atoms with Gasteiger partial charge in [0.05, 0.1) is 32.0 Å². The van der Waals surface area contributed by atoms with Crippen molar-refractivity contribution in [3.8, 4) is 5.75 Å². The highest BCUT2D eigenvalue weighted by Crippen LogP contribution is 2.29. The number of carboxylic acids is 1. The maximum absolute atomic E-state index is 14.2. The number of aliphatic carboxylic acids is 1. The number of imidazole rings is 1. The summed E-state index contributed by atoms with van der Waals surface area (Å²) in [4.78, 5) is 56.0. The van der Waals surface area contributed by atoms with E-state index in [9.17, 15) is 32.1 Å². The average Bonchev–Trinajstić information content (AvgIpc) is 3.68. The molecule has 15 heteroatoms. The highest BCUT2D eigenvalue weighted by atomic mass is 32.2. The minimum absolute atomic E-state index is 0.0463. The van der Waals surface area contributed by atoms with E-state index in [1.54, 1.807) is 28.8 Å². The molecule has 1 aromatic heterocycles. The van der Waals surface area contributed by atoms with Crippen molar-refractivity contribution in [3.05, 3.63) is 72.2 Å². The van der Waals surface area contributed by atoms with Gasteiger partial charge in [-0.05, 0) is 36.2 Å². The fourth-order valence-electron chi connectivity index (χ4n) is 5.53. The summed E-state index contributed by atoms with van der Waals surface area (Å²) in [6.07, 6.45) is 6.26. The van der Waals surface area contributed by atoms with E-state index in [2.05, 4.69) is 17.2 Å². The number of aromatic nitrogens is 2. The fraction of sp³-hybridized carbons (Fsp3) is 0.406.